The minimum absolute atomic E-state index is 0.0575. The average molecular weight is 314 g/mol. The molecule has 1 saturated heterocycles. The first-order valence-electron chi connectivity index (χ1n) is 7.38. The molecule has 1 atom stereocenters. The summed E-state index contributed by atoms with van der Waals surface area (Å²) in [4.78, 5) is 2.07. The Morgan fingerprint density at radius 3 is 2.57 bits per heavy atom. The maximum Gasteiger partial charge on any atom is 0.151 e. The van der Waals surface area contributed by atoms with Gasteiger partial charge in [-0.05, 0) is 46.4 Å². The lowest BCUT2D eigenvalue weighted by Crippen LogP contribution is -2.34. The van der Waals surface area contributed by atoms with Crippen LogP contribution in [0.15, 0.2) is 16.5 Å². The molecule has 1 aliphatic rings. The van der Waals surface area contributed by atoms with E-state index in [-0.39, 0.29) is 17.3 Å². The summed E-state index contributed by atoms with van der Waals surface area (Å²) in [5, 5.41) is 3.38. The van der Waals surface area contributed by atoms with E-state index in [1.807, 2.05) is 19.2 Å². The topological polar surface area (TPSA) is 62.6 Å². The molecular weight excluding hydrogens is 288 g/mol. The maximum absolute atomic E-state index is 11.5. The predicted molar refractivity (Wildman–Crippen MR) is 83.8 cm³/mol. The lowest BCUT2D eigenvalue weighted by Gasteiger charge is -2.21. The summed E-state index contributed by atoms with van der Waals surface area (Å²) >= 11 is 0. The third kappa shape index (κ3) is 5.13. The molecule has 1 fully saturated rings. The summed E-state index contributed by atoms with van der Waals surface area (Å²) in [6.07, 6.45) is 0.720. The second kappa shape index (κ2) is 6.10. The quantitative estimate of drug-likeness (QED) is 0.898. The minimum Gasteiger partial charge on any atom is -0.463 e. The number of hydrogen-bond donors (Lipinski definition) is 1. The lowest BCUT2D eigenvalue weighted by atomic mass is 10.1. The Labute approximate surface area is 127 Å². The highest BCUT2D eigenvalue weighted by Gasteiger charge is 2.30. The molecule has 21 heavy (non-hydrogen) atoms. The van der Waals surface area contributed by atoms with Crippen LogP contribution in [0.5, 0.6) is 0 Å². The fourth-order valence-electron chi connectivity index (χ4n) is 2.45. The normalized spacial score (nSPS) is 22.0. The Balaban J connectivity index is 1.87. The second-order valence-electron chi connectivity index (χ2n) is 6.94. The predicted octanol–water partition coefficient (Wildman–Crippen LogP) is 1.79. The first-order chi connectivity index (χ1) is 9.65. The first kappa shape index (κ1) is 16.5. The summed E-state index contributed by atoms with van der Waals surface area (Å²) in [6.45, 7) is 7.70. The number of furan rings is 1. The molecule has 1 aromatic rings. The van der Waals surface area contributed by atoms with Crippen molar-refractivity contribution in [1.29, 1.82) is 0 Å². The zero-order valence-electron chi connectivity index (χ0n) is 13.3. The largest absolute Gasteiger partial charge is 0.463 e. The van der Waals surface area contributed by atoms with Gasteiger partial charge in [0.25, 0.3) is 0 Å². The Morgan fingerprint density at radius 2 is 2.00 bits per heavy atom. The SMILES string of the molecule is CN(Cc1ccc(CNC(C)(C)C)o1)C1CCS(=O)(=O)C1. The van der Waals surface area contributed by atoms with E-state index in [0.717, 1.165) is 17.9 Å². The Morgan fingerprint density at radius 1 is 1.33 bits per heavy atom. The summed E-state index contributed by atoms with van der Waals surface area (Å²) in [5.74, 6) is 2.36. The maximum atomic E-state index is 11.5. The van der Waals surface area contributed by atoms with Gasteiger partial charge in [0.05, 0.1) is 24.6 Å². The standard InChI is InChI=1S/C15H26N2O3S/c1-15(2,3)16-9-13-5-6-14(20-13)10-17(4)12-7-8-21(18,19)11-12/h5-6,12,16H,7-11H2,1-4H3. The molecule has 5 nitrogen and oxygen atoms in total. The van der Waals surface area contributed by atoms with E-state index < -0.39 is 9.84 Å². The summed E-state index contributed by atoms with van der Waals surface area (Å²) in [5.41, 5.74) is 0.0575. The van der Waals surface area contributed by atoms with Gasteiger partial charge >= 0.3 is 0 Å². The summed E-state index contributed by atoms with van der Waals surface area (Å²) in [7, 11) is -0.875. The third-order valence-electron chi connectivity index (χ3n) is 3.75. The van der Waals surface area contributed by atoms with Gasteiger partial charge in [0, 0.05) is 11.6 Å². The van der Waals surface area contributed by atoms with E-state index in [1.54, 1.807) is 0 Å². The van der Waals surface area contributed by atoms with Crippen LogP contribution in [0, 0.1) is 0 Å². The lowest BCUT2D eigenvalue weighted by molar-refractivity contribution is 0.230. The van der Waals surface area contributed by atoms with E-state index in [9.17, 15) is 8.42 Å². The Kier molecular flexibility index (Phi) is 4.80. The van der Waals surface area contributed by atoms with Crippen LogP contribution in [-0.4, -0.2) is 43.5 Å². The summed E-state index contributed by atoms with van der Waals surface area (Å²) < 4.78 is 28.9. The van der Waals surface area contributed by atoms with Gasteiger partial charge in [-0.3, -0.25) is 4.90 Å². The van der Waals surface area contributed by atoms with Crippen molar-refractivity contribution in [2.24, 2.45) is 0 Å². The van der Waals surface area contributed by atoms with Crippen molar-refractivity contribution in [3.63, 3.8) is 0 Å². The highest BCUT2D eigenvalue weighted by molar-refractivity contribution is 7.91. The van der Waals surface area contributed by atoms with Crippen molar-refractivity contribution in [2.75, 3.05) is 18.6 Å². The smallest absolute Gasteiger partial charge is 0.151 e. The van der Waals surface area contributed by atoms with Gasteiger partial charge in [-0.1, -0.05) is 0 Å². The van der Waals surface area contributed by atoms with Crippen molar-refractivity contribution >= 4 is 9.84 Å². The van der Waals surface area contributed by atoms with Crippen molar-refractivity contribution in [3.05, 3.63) is 23.7 Å². The van der Waals surface area contributed by atoms with E-state index in [4.69, 9.17) is 4.42 Å². The van der Waals surface area contributed by atoms with Crippen LogP contribution in [0.4, 0.5) is 0 Å². The van der Waals surface area contributed by atoms with Gasteiger partial charge in [0.2, 0.25) is 0 Å². The number of sulfone groups is 1. The number of rotatable bonds is 5. The van der Waals surface area contributed by atoms with Crippen LogP contribution in [0.1, 0.15) is 38.7 Å². The van der Waals surface area contributed by atoms with Crippen molar-refractivity contribution in [3.8, 4) is 0 Å². The van der Waals surface area contributed by atoms with Crippen LogP contribution >= 0.6 is 0 Å². The van der Waals surface area contributed by atoms with Crippen molar-refractivity contribution in [2.45, 2.75) is 51.9 Å². The van der Waals surface area contributed by atoms with Gasteiger partial charge in [-0.25, -0.2) is 8.42 Å². The van der Waals surface area contributed by atoms with Crippen LogP contribution < -0.4 is 5.32 Å². The van der Waals surface area contributed by atoms with E-state index in [2.05, 4.69) is 31.0 Å². The number of nitrogens with zero attached hydrogens (tertiary/aromatic N) is 1. The average Bonchev–Trinajstić information content (AvgIpc) is 2.92. The fraction of sp³-hybridized carbons (Fsp3) is 0.733. The van der Waals surface area contributed by atoms with Gasteiger partial charge in [-0.2, -0.15) is 0 Å². The second-order valence-corrected chi connectivity index (χ2v) is 9.17. The molecule has 2 rings (SSSR count). The zero-order chi connectivity index (χ0) is 15.7. The number of nitrogens with one attached hydrogen (secondary N) is 1. The van der Waals surface area contributed by atoms with E-state index in [0.29, 0.717) is 18.8 Å². The molecule has 1 unspecified atom stereocenters. The monoisotopic (exact) mass is 314 g/mol. The molecule has 0 radical (unpaired) electrons. The molecule has 1 N–H and O–H groups in total. The van der Waals surface area contributed by atoms with E-state index in [1.165, 1.54) is 0 Å². The van der Waals surface area contributed by atoms with Crippen LogP contribution in [0.2, 0.25) is 0 Å². The van der Waals surface area contributed by atoms with Crippen LogP contribution in [-0.2, 0) is 22.9 Å². The molecule has 0 amide bonds. The van der Waals surface area contributed by atoms with Gasteiger partial charge in [0.15, 0.2) is 9.84 Å². The first-order valence-corrected chi connectivity index (χ1v) is 9.20. The zero-order valence-corrected chi connectivity index (χ0v) is 14.2. The molecule has 120 valence electrons. The third-order valence-corrected chi connectivity index (χ3v) is 5.50. The number of hydrogen-bond acceptors (Lipinski definition) is 5. The van der Waals surface area contributed by atoms with Gasteiger partial charge in [-0.15, -0.1) is 0 Å². The fourth-order valence-corrected chi connectivity index (χ4v) is 4.26. The van der Waals surface area contributed by atoms with Crippen molar-refractivity contribution < 1.29 is 12.8 Å². The van der Waals surface area contributed by atoms with Crippen molar-refractivity contribution in [1.82, 2.24) is 10.2 Å². The molecular formula is C15H26N2O3S. The van der Waals surface area contributed by atoms with Gasteiger partial charge in [0.1, 0.15) is 11.5 Å². The molecule has 0 saturated carbocycles. The summed E-state index contributed by atoms with van der Waals surface area (Å²) in [6, 6.07) is 4.06. The molecule has 0 aliphatic carbocycles. The molecule has 1 aromatic heterocycles. The highest BCUT2D eigenvalue weighted by atomic mass is 32.2. The highest BCUT2D eigenvalue weighted by Crippen LogP contribution is 2.19. The molecule has 1 aliphatic heterocycles. The molecule has 2 heterocycles. The Hall–Kier alpha value is -0.850. The van der Waals surface area contributed by atoms with Gasteiger partial charge < -0.3 is 9.73 Å². The van der Waals surface area contributed by atoms with Crippen LogP contribution in [0.25, 0.3) is 0 Å². The van der Waals surface area contributed by atoms with E-state index >= 15 is 0 Å². The molecule has 0 bridgehead atoms. The minimum atomic E-state index is -2.83. The molecule has 0 aromatic carbocycles. The molecule has 0 spiro atoms. The Bertz CT molecular complexity index is 572. The molecule has 6 heteroatoms. The van der Waals surface area contributed by atoms with Crippen LogP contribution in [0.3, 0.4) is 0 Å².